The van der Waals surface area contributed by atoms with Crippen LogP contribution in [0.15, 0.2) is 30.7 Å². The summed E-state index contributed by atoms with van der Waals surface area (Å²) >= 11 is 12.1. The molecule has 3 aromatic rings. The van der Waals surface area contributed by atoms with Crippen LogP contribution in [0.25, 0.3) is 11.5 Å². The highest BCUT2D eigenvalue weighted by molar-refractivity contribution is 6.44. The van der Waals surface area contributed by atoms with Gasteiger partial charge in [-0.1, -0.05) is 23.2 Å². The van der Waals surface area contributed by atoms with Gasteiger partial charge < -0.3 is 14.2 Å². The van der Waals surface area contributed by atoms with Crippen LogP contribution in [0.3, 0.4) is 0 Å². The number of carbonyl (C=O) groups excluding carboxylic acids is 1. The number of halogens is 3. The highest BCUT2D eigenvalue weighted by Gasteiger charge is 2.44. The number of carbonyl (C=O) groups is 1. The van der Waals surface area contributed by atoms with Crippen molar-refractivity contribution in [2.75, 3.05) is 13.2 Å². The Morgan fingerprint density at radius 2 is 2.03 bits per heavy atom. The molecule has 2 aromatic heterocycles. The van der Waals surface area contributed by atoms with Gasteiger partial charge in [-0.3, -0.25) is 9.78 Å². The summed E-state index contributed by atoms with van der Waals surface area (Å²) in [6.45, 7) is 1.02. The Morgan fingerprint density at radius 3 is 2.83 bits per heavy atom. The van der Waals surface area contributed by atoms with E-state index in [2.05, 4.69) is 20.2 Å². The van der Waals surface area contributed by atoms with E-state index in [4.69, 9.17) is 27.9 Å². The zero-order valence-electron chi connectivity index (χ0n) is 14.8. The van der Waals surface area contributed by atoms with E-state index in [-0.39, 0.29) is 34.2 Å². The van der Waals surface area contributed by atoms with Crippen LogP contribution < -0.4 is 0 Å². The van der Waals surface area contributed by atoms with E-state index in [1.807, 2.05) is 4.57 Å². The van der Waals surface area contributed by atoms with Crippen LogP contribution in [0, 0.1) is 5.82 Å². The lowest BCUT2D eigenvalue weighted by Gasteiger charge is -2.45. The van der Waals surface area contributed by atoms with Crippen LogP contribution in [-0.2, 0) is 11.3 Å². The number of hydrogen-bond donors (Lipinski definition) is 0. The molecule has 0 unspecified atom stereocenters. The Balaban J connectivity index is 1.56. The van der Waals surface area contributed by atoms with Crippen LogP contribution in [0.1, 0.15) is 22.2 Å². The third kappa shape index (κ3) is 2.88. The lowest BCUT2D eigenvalue weighted by atomic mass is 10.0. The Labute approximate surface area is 174 Å². The lowest BCUT2D eigenvalue weighted by molar-refractivity contribution is -0.0569. The van der Waals surface area contributed by atoms with Gasteiger partial charge in [0.1, 0.15) is 17.6 Å². The molecule has 0 saturated carbocycles. The summed E-state index contributed by atoms with van der Waals surface area (Å²) in [5.74, 6) is 0.133. The van der Waals surface area contributed by atoms with Gasteiger partial charge in [0.15, 0.2) is 11.6 Å². The zero-order chi connectivity index (χ0) is 20.1. The second kappa shape index (κ2) is 7.01. The molecule has 2 bridgehead atoms. The second-order valence-electron chi connectivity index (χ2n) is 6.73. The van der Waals surface area contributed by atoms with Gasteiger partial charge in [-0.05, 0) is 12.1 Å². The normalized spacial score (nSPS) is 20.4. The van der Waals surface area contributed by atoms with Crippen LogP contribution in [0.2, 0.25) is 10.0 Å². The van der Waals surface area contributed by atoms with Crippen molar-refractivity contribution < 1.29 is 13.9 Å². The molecule has 0 aliphatic carbocycles. The van der Waals surface area contributed by atoms with E-state index >= 15 is 0 Å². The van der Waals surface area contributed by atoms with Crippen molar-refractivity contribution in [1.29, 1.82) is 0 Å². The van der Waals surface area contributed by atoms with Crippen molar-refractivity contribution in [2.45, 2.75) is 18.6 Å². The molecule has 1 fully saturated rings. The fourth-order valence-electron chi connectivity index (χ4n) is 3.76. The van der Waals surface area contributed by atoms with Gasteiger partial charge in [-0.15, -0.1) is 10.2 Å². The molecule has 2 atom stereocenters. The van der Waals surface area contributed by atoms with Crippen molar-refractivity contribution in [1.82, 2.24) is 29.6 Å². The third-order valence-corrected chi connectivity index (χ3v) is 5.94. The summed E-state index contributed by atoms with van der Waals surface area (Å²) < 4.78 is 21.3. The molecular formula is C18H13Cl2FN6O2. The van der Waals surface area contributed by atoms with Gasteiger partial charge in [0, 0.05) is 18.9 Å². The maximum absolute atomic E-state index is 13.7. The molecule has 1 aromatic carbocycles. The molecule has 2 aliphatic rings. The van der Waals surface area contributed by atoms with Crippen LogP contribution in [-0.4, -0.2) is 54.8 Å². The quantitative estimate of drug-likeness (QED) is 0.576. The standard InChI is InChI=1S/C18H13Cl2FN6O2/c19-14-10(1-2-11(21)15(14)20)18(28)27-9-6-26-16(12-5-22-3-4-23-12)24-25-17(26)13(27)8-29-7-9/h1-5,9,13H,6-8H2/t9-,13-/m1/s1. The number of rotatable bonds is 2. The summed E-state index contributed by atoms with van der Waals surface area (Å²) in [6.07, 6.45) is 4.78. The summed E-state index contributed by atoms with van der Waals surface area (Å²) in [5, 5.41) is 8.16. The summed E-state index contributed by atoms with van der Waals surface area (Å²) in [7, 11) is 0. The molecule has 1 amide bonds. The maximum Gasteiger partial charge on any atom is 0.256 e. The molecule has 2 aliphatic heterocycles. The number of nitrogens with zero attached hydrogens (tertiary/aromatic N) is 6. The Hall–Kier alpha value is -2.62. The molecule has 148 valence electrons. The fraction of sp³-hybridized carbons (Fsp3) is 0.278. The van der Waals surface area contributed by atoms with Gasteiger partial charge in [0.2, 0.25) is 0 Å². The first kappa shape index (κ1) is 18.4. The van der Waals surface area contributed by atoms with Crippen molar-refractivity contribution in [3.8, 4) is 11.5 Å². The molecule has 0 N–H and O–H groups in total. The number of aromatic nitrogens is 5. The molecule has 11 heteroatoms. The predicted molar refractivity (Wildman–Crippen MR) is 101 cm³/mol. The number of benzene rings is 1. The van der Waals surface area contributed by atoms with Crippen LogP contribution in [0.4, 0.5) is 4.39 Å². The van der Waals surface area contributed by atoms with Gasteiger partial charge in [0.05, 0.1) is 41.1 Å². The van der Waals surface area contributed by atoms with E-state index in [9.17, 15) is 9.18 Å². The molecule has 5 rings (SSSR count). The number of fused-ring (bicyclic) bond motifs is 4. The first-order valence-corrected chi connectivity index (χ1v) is 9.55. The van der Waals surface area contributed by atoms with E-state index in [0.29, 0.717) is 30.5 Å². The number of hydrogen-bond acceptors (Lipinski definition) is 6. The third-order valence-electron chi connectivity index (χ3n) is 5.08. The first-order valence-electron chi connectivity index (χ1n) is 8.79. The zero-order valence-corrected chi connectivity index (χ0v) is 16.3. The second-order valence-corrected chi connectivity index (χ2v) is 7.48. The molecule has 0 spiro atoms. The molecule has 1 saturated heterocycles. The monoisotopic (exact) mass is 434 g/mol. The summed E-state index contributed by atoms with van der Waals surface area (Å²) in [6, 6.07) is 1.73. The molecule has 4 heterocycles. The minimum atomic E-state index is -0.677. The highest BCUT2D eigenvalue weighted by Crippen LogP contribution is 2.37. The van der Waals surface area contributed by atoms with Gasteiger partial charge in [-0.25, -0.2) is 9.37 Å². The Bertz CT molecular complexity index is 1110. The number of amides is 1. The van der Waals surface area contributed by atoms with E-state index in [1.165, 1.54) is 6.07 Å². The summed E-state index contributed by atoms with van der Waals surface area (Å²) in [4.78, 5) is 23.3. The average Bonchev–Trinajstić information content (AvgIpc) is 3.15. The minimum Gasteiger partial charge on any atom is -0.377 e. The SMILES string of the molecule is O=C(c1ccc(F)c(Cl)c1Cl)N1[C@H]2COC[C@@H]1c1nnc(-c3cnccn3)n1C2. The molecule has 29 heavy (non-hydrogen) atoms. The summed E-state index contributed by atoms with van der Waals surface area (Å²) in [5.41, 5.74) is 0.732. The molecule has 8 nitrogen and oxygen atoms in total. The van der Waals surface area contributed by atoms with Crippen LogP contribution in [0.5, 0.6) is 0 Å². The van der Waals surface area contributed by atoms with Gasteiger partial charge in [0.25, 0.3) is 5.91 Å². The maximum atomic E-state index is 13.7. The molecule has 0 radical (unpaired) electrons. The lowest BCUT2D eigenvalue weighted by Crippen LogP contribution is -2.56. The smallest absolute Gasteiger partial charge is 0.256 e. The van der Waals surface area contributed by atoms with Crippen molar-refractivity contribution >= 4 is 29.1 Å². The van der Waals surface area contributed by atoms with Crippen molar-refractivity contribution in [3.05, 3.63) is 58.0 Å². The number of ether oxygens (including phenoxy) is 1. The van der Waals surface area contributed by atoms with Gasteiger partial charge >= 0.3 is 0 Å². The first-order chi connectivity index (χ1) is 14.1. The minimum absolute atomic E-state index is 0.108. The molecular weight excluding hydrogens is 422 g/mol. The van der Waals surface area contributed by atoms with Crippen molar-refractivity contribution in [3.63, 3.8) is 0 Å². The van der Waals surface area contributed by atoms with E-state index in [0.717, 1.165) is 6.07 Å². The van der Waals surface area contributed by atoms with E-state index in [1.54, 1.807) is 23.5 Å². The highest BCUT2D eigenvalue weighted by atomic mass is 35.5. The van der Waals surface area contributed by atoms with Crippen molar-refractivity contribution in [2.24, 2.45) is 0 Å². The fourth-order valence-corrected chi connectivity index (χ4v) is 4.16. The van der Waals surface area contributed by atoms with E-state index < -0.39 is 11.9 Å². The Kier molecular flexibility index (Phi) is 4.45. The predicted octanol–water partition coefficient (Wildman–Crippen LogP) is 2.78. The number of morpholine rings is 1. The average molecular weight is 435 g/mol. The Morgan fingerprint density at radius 1 is 1.17 bits per heavy atom. The van der Waals surface area contributed by atoms with Gasteiger partial charge in [-0.2, -0.15) is 0 Å². The largest absolute Gasteiger partial charge is 0.377 e. The topological polar surface area (TPSA) is 86.0 Å². The van der Waals surface area contributed by atoms with Crippen LogP contribution >= 0.6 is 23.2 Å².